The Labute approximate surface area is 175 Å². The van der Waals surface area contributed by atoms with Crippen LogP contribution in [-0.4, -0.2) is 36.5 Å². The zero-order valence-corrected chi connectivity index (χ0v) is 17.2. The molecule has 0 spiro atoms. The number of hydrogen-bond donors (Lipinski definition) is 1. The third kappa shape index (κ3) is 4.35. The standard InChI is InChI=1S/C23H24N2O5/c1-4-30-22(27)20-15(2)24-23(28)25(19(26)14-16-8-6-5-7-9-16)21(20)17-10-12-18(29-3)13-11-17/h5-13,21H,4,14H2,1-3H3,(H,24,28)/t21-/m1/s1. The Hall–Kier alpha value is -3.61. The predicted molar refractivity (Wildman–Crippen MR) is 111 cm³/mol. The number of esters is 1. The van der Waals surface area contributed by atoms with Crippen molar-refractivity contribution in [2.45, 2.75) is 26.3 Å². The molecular formula is C23H24N2O5. The molecule has 0 bridgehead atoms. The van der Waals surface area contributed by atoms with Crippen LogP contribution in [-0.2, 0) is 20.7 Å². The Balaban J connectivity index is 2.06. The fraction of sp³-hybridized carbons (Fsp3) is 0.261. The quantitative estimate of drug-likeness (QED) is 0.741. The highest BCUT2D eigenvalue weighted by Crippen LogP contribution is 2.35. The number of carbonyl (C=O) groups excluding carboxylic acids is 3. The number of urea groups is 1. The molecule has 2 aromatic carbocycles. The first-order valence-electron chi connectivity index (χ1n) is 9.65. The number of ether oxygens (including phenoxy) is 2. The molecule has 0 fully saturated rings. The summed E-state index contributed by atoms with van der Waals surface area (Å²) in [6.45, 7) is 3.51. The molecule has 30 heavy (non-hydrogen) atoms. The van der Waals surface area contributed by atoms with Gasteiger partial charge >= 0.3 is 12.0 Å². The normalized spacial score (nSPS) is 16.2. The summed E-state index contributed by atoms with van der Waals surface area (Å²) in [5, 5.41) is 2.63. The maximum absolute atomic E-state index is 13.2. The number of carbonyl (C=O) groups is 3. The van der Waals surface area contributed by atoms with E-state index in [4.69, 9.17) is 9.47 Å². The zero-order valence-electron chi connectivity index (χ0n) is 17.2. The molecule has 0 saturated carbocycles. The Morgan fingerprint density at radius 1 is 1.07 bits per heavy atom. The number of rotatable bonds is 6. The molecule has 0 aromatic heterocycles. The average molecular weight is 408 g/mol. The van der Waals surface area contributed by atoms with Gasteiger partial charge in [0.1, 0.15) is 11.8 Å². The lowest BCUT2D eigenvalue weighted by Gasteiger charge is -2.36. The van der Waals surface area contributed by atoms with Gasteiger partial charge in [-0.25, -0.2) is 9.59 Å². The van der Waals surface area contributed by atoms with E-state index in [1.807, 2.05) is 30.3 Å². The maximum atomic E-state index is 13.2. The minimum atomic E-state index is -0.903. The van der Waals surface area contributed by atoms with Gasteiger partial charge < -0.3 is 14.8 Å². The smallest absolute Gasteiger partial charge is 0.338 e. The van der Waals surface area contributed by atoms with E-state index in [1.54, 1.807) is 45.2 Å². The van der Waals surface area contributed by atoms with Gasteiger partial charge in [-0.2, -0.15) is 0 Å². The molecule has 1 atom stereocenters. The van der Waals surface area contributed by atoms with Crippen molar-refractivity contribution in [1.29, 1.82) is 0 Å². The number of benzene rings is 2. The molecule has 0 saturated heterocycles. The van der Waals surface area contributed by atoms with Gasteiger partial charge in [0.2, 0.25) is 5.91 Å². The highest BCUT2D eigenvalue weighted by Gasteiger charge is 2.41. The summed E-state index contributed by atoms with van der Waals surface area (Å²) in [7, 11) is 1.55. The van der Waals surface area contributed by atoms with Crippen LogP contribution in [0.1, 0.15) is 31.0 Å². The van der Waals surface area contributed by atoms with E-state index in [0.717, 1.165) is 10.5 Å². The second-order valence-electron chi connectivity index (χ2n) is 6.79. The molecule has 1 N–H and O–H groups in total. The first-order chi connectivity index (χ1) is 14.5. The molecule has 3 rings (SSSR count). The van der Waals surface area contributed by atoms with Gasteiger partial charge in [-0.15, -0.1) is 0 Å². The summed E-state index contributed by atoms with van der Waals surface area (Å²) in [5.41, 5.74) is 1.97. The van der Waals surface area contributed by atoms with E-state index in [9.17, 15) is 14.4 Å². The van der Waals surface area contributed by atoms with Crippen LogP contribution in [0.2, 0.25) is 0 Å². The third-order valence-corrected chi connectivity index (χ3v) is 4.84. The molecule has 0 aliphatic carbocycles. The number of amides is 3. The van der Waals surface area contributed by atoms with Crippen molar-refractivity contribution in [1.82, 2.24) is 10.2 Å². The second-order valence-corrected chi connectivity index (χ2v) is 6.79. The average Bonchev–Trinajstić information content (AvgIpc) is 2.74. The number of nitrogens with zero attached hydrogens (tertiary/aromatic N) is 1. The Bertz CT molecular complexity index is 967. The molecule has 156 valence electrons. The van der Waals surface area contributed by atoms with E-state index in [-0.39, 0.29) is 18.6 Å². The van der Waals surface area contributed by atoms with Crippen molar-refractivity contribution in [3.8, 4) is 5.75 Å². The monoisotopic (exact) mass is 408 g/mol. The summed E-state index contributed by atoms with van der Waals surface area (Å²) in [4.78, 5) is 39.9. The van der Waals surface area contributed by atoms with Gasteiger partial charge in [-0.3, -0.25) is 9.69 Å². The van der Waals surface area contributed by atoms with Crippen molar-refractivity contribution >= 4 is 17.9 Å². The zero-order chi connectivity index (χ0) is 21.7. The highest BCUT2D eigenvalue weighted by molar-refractivity contribution is 6.02. The van der Waals surface area contributed by atoms with Crippen LogP contribution in [0.5, 0.6) is 5.75 Å². The summed E-state index contributed by atoms with van der Waals surface area (Å²) >= 11 is 0. The van der Waals surface area contributed by atoms with Crippen molar-refractivity contribution in [2.24, 2.45) is 0 Å². The molecule has 1 aliphatic heterocycles. The summed E-state index contributed by atoms with van der Waals surface area (Å²) in [6.07, 6.45) is 0.0239. The fourth-order valence-electron chi connectivity index (χ4n) is 3.43. The van der Waals surface area contributed by atoms with E-state index < -0.39 is 23.9 Å². The van der Waals surface area contributed by atoms with Gasteiger partial charge in [-0.1, -0.05) is 42.5 Å². The van der Waals surface area contributed by atoms with Crippen molar-refractivity contribution < 1.29 is 23.9 Å². The molecule has 0 radical (unpaired) electrons. The molecule has 2 aromatic rings. The van der Waals surface area contributed by atoms with Crippen LogP contribution in [0.3, 0.4) is 0 Å². The first kappa shape index (κ1) is 21.1. The molecule has 3 amide bonds. The molecule has 0 unspecified atom stereocenters. The van der Waals surface area contributed by atoms with E-state index in [1.165, 1.54) is 0 Å². The highest BCUT2D eigenvalue weighted by atomic mass is 16.5. The van der Waals surface area contributed by atoms with Crippen LogP contribution >= 0.6 is 0 Å². The number of imide groups is 1. The van der Waals surface area contributed by atoms with Gasteiger partial charge in [0, 0.05) is 5.70 Å². The Morgan fingerprint density at radius 3 is 2.33 bits per heavy atom. The summed E-state index contributed by atoms with van der Waals surface area (Å²) in [5.74, 6) is -0.373. The fourth-order valence-corrected chi connectivity index (χ4v) is 3.43. The molecule has 7 nitrogen and oxygen atoms in total. The van der Waals surface area contributed by atoms with E-state index in [2.05, 4.69) is 5.32 Å². The Kier molecular flexibility index (Phi) is 6.51. The molecular weight excluding hydrogens is 384 g/mol. The van der Waals surface area contributed by atoms with Crippen molar-refractivity contribution in [2.75, 3.05) is 13.7 Å². The minimum absolute atomic E-state index is 0.0239. The molecule has 1 heterocycles. The van der Waals surface area contributed by atoms with Gasteiger partial charge in [0.15, 0.2) is 0 Å². The van der Waals surface area contributed by atoms with Crippen LogP contribution < -0.4 is 10.1 Å². The number of nitrogens with one attached hydrogen (secondary N) is 1. The number of hydrogen-bond acceptors (Lipinski definition) is 5. The Morgan fingerprint density at radius 2 is 1.73 bits per heavy atom. The van der Waals surface area contributed by atoms with Crippen molar-refractivity contribution in [3.63, 3.8) is 0 Å². The third-order valence-electron chi connectivity index (χ3n) is 4.84. The predicted octanol–water partition coefficient (Wildman–Crippen LogP) is 3.37. The topological polar surface area (TPSA) is 84.9 Å². The molecule has 7 heteroatoms. The maximum Gasteiger partial charge on any atom is 0.338 e. The lowest BCUT2D eigenvalue weighted by Crippen LogP contribution is -2.51. The lowest BCUT2D eigenvalue weighted by atomic mass is 9.93. The van der Waals surface area contributed by atoms with Crippen LogP contribution in [0.15, 0.2) is 65.9 Å². The van der Waals surface area contributed by atoms with Gasteiger partial charge in [0.05, 0.1) is 25.7 Å². The van der Waals surface area contributed by atoms with Crippen LogP contribution in [0, 0.1) is 0 Å². The lowest BCUT2D eigenvalue weighted by molar-refractivity contribution is -0.140. The van der Waals surface area contributed by atoms with Crippen LogP contribution in [0.25, 0.3) is 0 Å². The summed E-state index contributed by atoms with van der Waals surface area (Å²) < 4.78 is 10.4. The largest absolute Gasteiger partial charge is 0.497 e. The SMILES string of the molecule is CCOC(=O)C1=C(C)NC(=O)N(C(=O)Cc2ccccc2)[C@@H]1c1ccc(OC)cc1. The number of allylic oxidation sites excluding steroid dienone is 1. The molecule has 1 aliphatic rings. The first-order valence-corrected chi connectivity index (χ1v) is 9.65. The summed E-state index contributed by atoms with van der Waals surface area (Å²) in [6, 6.07) is 14.6. The van der Waals surface area contributed by atoms with Gasteiger partial charge in [0.25, 0.3) is 0 Å². The second kappa shape index (κ2) is 9.26. The van der Waals surface area contributed by atoms with E-state index >= 15 is 0 Å². The van der Waals surface area contributed by atoms with Gasteiger partial charge in [-0.05, 0) is 37.1 Å². The number of methoxy groups -OCH3 is 1. The van der Waals surface area contributed by atoms with Crippen LogP contribution in [0.4, 0.5) is 4.79 Å². The van der Waals surface area contributed by atoms with Crippen molar-refractivity contribution in [3.05, 3.63) is 77.0 Å². The van der Waals surface area contributed by atoms with E-state index in [0.29, 0.717) is 17.0 Å². The minimum Gasteiger partial charge on any atom is -0.497 e.